The third kappa shape index (κ3) is 5.07. The van der Waals surface area contributed by atoms with Crippen LogP contribution in [0.25, 0.3) is 0 Å². The van der Waals surface area contributed by atoms with Gasteiger partial charge in [0.1, 0.15) is 0 Å². The lowest BCUT2D eigenvalue weighted by Gasteiger charge is -2.12. The largest absolute Gasteiger partial charge is 0.465 e. The van der Waals surface area contributed by atoms with Gasteiger partial charge in [-0.2, -0.15) is 0 Å². The summed E-state index contributed by atoms with van der Waals surface area (Å²) in [5.41, 5.74) is 2.17. The van der Waals surface area contributed by atoms with E-state index < -0.39 is 24.5 Å². The first-order valence-corrected chi connectivity index (χ1v) is 7.83. The van der Waals surface area contributed by atoms with Gasteiger partial charge in [0.2, 0.25) is 0 Å². The Labute approximate surface area is 151 Å². The maximum Gasteiger partial charge on any atom is 0.338 e. The van der Waals surface area contributed by atoms with E-state index in [9.17, 15) is 14.4 Å². The van der Waals surface area contributed by atoms with Gasteiger partial charge in [-0.1, -0.05) is 0 Å². The second-order valence-corrected chi connectivity index (χ2v) is 5.63. The van der Waals surface area contributed by atoms with E-state index in [0.717, 1.165) is 5.69 Å². The normalized spacial score (nSPS) is 9.96. The summed E-state index contributed by atoms with van der Waals surface area (Å²) in [6.07, 6.45) is 0. The highest BCUT2D eigenvalue weighted by molar-refractivity contribution is 5.96. The SMILES string of the molecule is COC(=O)c1ccc(NC(=O)COC(=O)c2ccc(N(C)C)cc2)cc1. The molecule has 0 saturated carbocycles. The Bertz CT molecular complexity index is 783. The number of anilines is 2. The second-order valence-electron chi connectivity index (χ2n) is 5.63. The number of rotatable bonds is 6. The van der Waals surface area contributed by atoms with Crippen molar-refractivity contribution >= 4 is 29.2 Å². The monoisotopic (exact) mass is 356 g/mol. The number of carbonyl (C=O) groups excluding carboxylic acids is 3. The molecule has 0 spiro atoms. The molecule has 1 N–H and O–H groups in total. The predicted molar refractivity (Wildman–Crippen MR) is 97.5 cm³/mol. The van der Waals surface area contributed by atoms with Gasteiger partial charge in [0, 0.05) is 25.5 Å². The van der Waals surface area contributed by atoms with Gasteiger partial charge in [0.15, 0.2) is 6.61 Å². The zero-order valence-electron chi connectivity index (χ0n) is 14.8. The lowest BCUT2D eigenvalue weighted by Crippen LogP contribution is -2.21. The average molecular weight is 356 g/mol. The minimum atomic E-state index is -0.577. The van der Waals surface area contributed by atoms with Crippen LogP contribution in [0, 0.1) is 0 Å². The molecule has 0 aliphatic carbocycles. The summed E-state index contributed by atoms with van der Waals surface area (Å²) in [6.45, 7) is -0.410. The molecule has 0 bridgehead atoms. The lowest BCUT2D eigenvalue weighted by molar-refractivity contribution is -0.119. The Morgan fingerprint density at radius 2 is 1.42 bits per heavy atom. The molecule has 7 heteroatoms. The quantitative estimate of drug-likeness (QED) is 0.800. The summed E-state index contributed by atoms with van der Waals surface area (Å²) in [7, 11) is 5.09. The number of ether oxygens (including phenoxy) is 2. The molecule has 0 unspecified atom stereocenters. The fraction of sp³-hybridized carbons (Fsp3) is 0.211. The minimum Gasteiger partial charge on any atom is -0.465 e. The maximum atomic E-state index is 12.0. The summed E-state index contributed by atoms with van der Waals surface area (Å²) in [5.74, 6) is -1.52. The van der Waals surface area contributed by atoms with Gasteiger partial charge in [-0.05, 0) is 48.5 Å². The number of carbonyl (C=O) groups is 3. The molecule has 26 heavy (non-hydrogen) atoms. The number of nitrogens with zero attached hydrogens (tertiary/aromatic N) is 1. The highest BCUT2D eigenvalue weighted by Crippen LogP contribution is 2.13. The molecule has 2 aromatic rings. The first-order valence-electron chi connectivity index (χ1n) is 7.83. The maximum absolute atomic E-state index is 12.0. The predicted octanol–water partition coefficient (Wildman–Crippen LogP) is 2.33. The number of hydrogen-bond acceptors (Lipinski definition) is 6. The van der Waals surface area contributed by atoms with E-state index in [1.54, 1.807) is 36.4 Å². The summed E-state index contributed by atoms with van der Waals surface area (Å²) in [4.78, 5) is 37.1. The number of hydrogen-bond donors (Lipinski definition) is 1. The zero-order valence-corrected chi connectivity index (χ0v) is 14.8. The van der Waals surface area contributed by atoms with Crippen LogP contribution in [0.1, 0.15) is 20.7 Å². The Morgan fingerprint density at radius 3 is 1.96 bits per heavy atom. The van der Waals surface area contributed by atoms with E-state index in [2.05, 4.69) is 10.1 Å². The van der Waals surface area contributed by atoms with E-state index in [1.807, 2.05) is 19.0 Å². The average Bonchev–Trinajstić information content (AvgIpc) is 2.66. The molecule has 0 fully saturated rings. The van der Waals surface area contributed by atoms with E-state index in [4.69, 9.17) is 4.74 Å². The fourth-order valence-corrected chi connectivity index (χ4v) is 2.11. The minimum absolute atomic E-state index is 0.367. The van der Waals surface area contributed by atoms with Crippen LogP contribution in [0.3, 0.4) is 0 Å². The van der Waals surface area contributed by atoms with Crippen molar-refractivity contribution in [2.24, 2.45) is 0 Å². The summed E-state index contributed by atoms with van der Waals surface area (Å²) in [5, 5.41) is 2.58. The topological polar surface area (TPSA) is 84.9 Å². The molecule has 0 radical (unpaired) electrons. The molecule has 0 aliphatic heterocycles. The van der Waals surface area contributed by atoms with Gasteiger partial charge >= 0.3 is 11.9 Å². The highest BCUT2D eigenvalue weighted by atomic mass is 16.5. The van der Waals surface area contributed by atoms with Crippen LogP contribution < -0.4 is 10.2 Å². The number of methoxy groups -OCH3 is 1. The molecule has 7 nitrogen and oxygen atoms in total. The second kappa shape index (κ2) is 8.66. The molecule has 136 valence electrons. The van der Waals surface area contributed by atoms with Gasteiger partial charge in [-0.15, -0.1) is 0 Å². The Morgan fingerprint density at radius 1 is 0.885 bits per heavy atom. The molecule has 0 heterocycles. The van der Waals surface area contributed by atoms with Crippen LogP contribution in [0.5, 0.6) is 0 Å². The smallest absolute Gasteiger partial charge is 0.338 e. The van der Waals surface area contributed by atoms with Gasteiger partial charge in [-0.25, -0.2) is 9.59 Å². The Kier molecular flexibility index (Phi) is 6.32. The fourth-order valence-electron chi connectivity index (χ4n) is 2.11. The Hall–Kier alpha value is -3.35. The van der Waals surface area contributed by atoms with E-state index >= 15 is 0 Å². The zero-order chi connectivity index (χ0) is 19.1. The highest BCUT2D eigenvalue weighted by Gasteiger charge is 2.11. The van der Waals surface area contributed by atoms with Gasteiger partial charge in [0.05, 0.1) is 18.2 Å². The third-order valence-corrected chi connectivity index (χ3v) is 3.54. The van der Waals surface area contributed by atoms with Crippen LogP contribution in [0.15, 0.2) is 48.5 Å². The summed E-state index contributed by atoms with van der Waals surface area (Å²) < 4.78 is 9.60. The van der Waals surface area contributed by atoms with Gasteiger partial charge < -0.3 is 19.7 Å². The number of benzene rings is 2. The van der Waals surface area contributed by atoms with Crippen molar-refractivity contribution < 1.29 is 23.9 Å². The first-order chi connectivity index (χ1) is 12.4. The molecule has 0 aromatic heterocycles. The number of amides is 1. The molecule has 0 atom stereocenters. The third-order valence-electron chi connectivity index (χ3n) is 3.54. The summed E-state index contributed by atoms with van der Waals surface area (Å²) in [6, 6.07) is 13.0. The van der Waals surface area contributed by atoms with Crippen LogP contribution in [-0.4, -0.2) is 45.7 Å². The molecule has 2 rings (SSSR count). The van der Waals surface area contributed by atoms with Gasteiger partial charge in [-0.3, -0.25) is 4.79 Å². The van der Waals surface area contributed by atoms with Crippen molar-refractivity contribution in [3.63, 3.8) is 0 Å². The van der Waals surface area contributed by atoms with Gasteiger partial charge in [0.25, 0.3) is 5.91 Å². The van der Waals surface area contributed by atoms with Crippen molar-refractivity contribution in [1.82, 2.24) is 0 Å². The first kappa shape index (κ1) is 19.0. The van der Waals surface area contributed by atoms with Crippen molar-refractivity contribution in [3.05, 3.63) is 59.7 Å². The number of esters is 2. The van der Waals surface area contributed by atoms with E-state index in [0.29, 0.717) is 16.8 Å². The molecule has 1 amide bonds. The van der Waals surface area contributed by atoms with Crippen molar-refractivity contribution in [1.29, 1.82) is 0 Å². The van der Waals surface area contributed by atoms with Crippen LogP contribution in [0.4, 0.5) is 11.4 Å². The molecule has 2 aromatic carbocycles. The van der Waals surface area contributed by atoms with Crippen molar-refractivity contribution in [2.45, 2.75) is 0 Å². The standard InChI is InChI=1S/C19H20N2O5/c1-21(2)16-10-6-14(7-11-16)19(24)26-12-17(22)20-15-8-4-13(5-9-15)18(23)25-3/h4-11H,12H2,1-3H3,(H,20,22). The molecule has 0 saturated heterocycles. The van der Waals surface area contributed by atoms with Crippen LogP contribution >= 0.6 is 0 Å². The van der Waals surface area contributed by atoms with E-state index in [1.165, 1.54) is 19.2 Å². The van der Waals surface area contributed by atoms with Crippen LogP contribution in [0.2, 0.25) is 0 Å². The Balaban J connectivity index is 1.86. The van der Waals surface area contributed by atoms with Crippen molar-refractivity contribution in [2.75, 3.05) is 38.0 Å². The molecular weight excluding hydrogens is 336 g/mol. The molecular formula is C19H20N2O5. The summed E-state index contributed by atoms with van der Waals surface area (Å²) >= 11 is 0. The van der Waals surface area contributed by atoms with Crippen molar-refractivity contribution in [3.8, 4) is 0 Å². The number of nitrogens with one attached hydrogen (secondary N) is 1. The molecule has 0 aliphatic rings. The van der Waals surface area contributed by atoms with E-state index in [-0.39, 0.29) is 0 Å². The lowest BCUT2D eigenvalue weighted by atomic mass is 10.2. The van der Waals surface area contributed by atoms with Crippen LogP contribution in [-0.2, 0) is 14.3 Å².